The number of carbonyl (C=O) groups excluding carboxylic acids is 1. The van der Waals surface area contributed by atoms with Crippen LogP contribution in [-0.4, -0.2) is 22.5 Å². The van der Waals surface area contributed by atoms with Gasteiger partial charge in [-0.25, -0.2) is 9.97 Å². The topological polar surface area (TPSA) is 74.5 Å². The third-order valence-electron chi connectivity index (χ3n) is 4.48. The van der Waals surface area contributed by atoms with Gasteiger partial charge in [0.2, 0.25) is 5.89 Å². The smallest absolute Gasteiger partial charge is 0.311 e. The van der Waals surface area contributed by atoms with E-state index >= 15 is 0 Å². The van der Waals surface area contributed by atoms with E-state index in [2.05, 4.69) is 9.97 Å². The molecule has 0 atom stereocenters. The molecule has 0 spiro atoms. The Morgan fingerprint density at radius 2 is 1.88 bits per heavy atom. The number of oxazole rings is 1. The quantitative estimate of drug-likeness (QED) is 0.283. The van der Waals surface area contributed by atoms with Crippen molar-refractivity contribution in [2.75, 3.05) is 6.61 Å². The second-order valence-corrected chi connectivity index (χ2v) is 9.02. The zero-order valence-electron chi connectivity index (χ0n) is 17.7. The number of aryl methyl sites for hydroxylation is 1. The Bertz CT molecular complexity index is 1170. The third kappa shape index (κ3) is 5.77. The third-order valence-corrected chi connectivity index (χ3v) is 6.47. The SMILES string of the molecule is CCOC(=O)Cc1csc(Sc2ccc(OCc3nc(-c4ccccc4)oc3C)cc2)n1. The van der Waals surface area contributed by atoms with Crippen LogP contribution in [0.3, 0.4) is 0 Å². The summed E-state index contributed by atoms with van der Waals surface area (Å²) >= 11 is 3.06. The molecular formula is C24H22N2O4S2. The maximum absolute atomic E-state index is 11.6. The van der Waals surface area contributed by atoms with E-state index in [1.165, 1.54) is 11.3 Å². The number of thiazole rings is 1. The van der Waals surface area contributed by atoms with Crippen molar-refractivity contribution in [2.45, 2.75) is 36.1 Å². The molecule has 0 aliphatic heterocycles. The van der Waals surface area contributed by atoms with Crippen molar-refractivity contribution in [1.82, 2.24) is 9.97 Å². The highest BCUT2D eigenvalue weighted by Gasteiger charge is 2.12. The van der Waals surface area contributed by atoms with Crippen molar-refractivity contribution in [3.63, 3.8) is 0 Å². The second kappa shape index (κ2) is 10.5. The zero-order chi connectivity index (χ0) is 22.3. The number of benzene rings is 2. The maximum atomic E-state index is 11.6. The van der Waals surface area contributed by atoms with E-state index < -0.39 is 0 Å². The van der Waals surface area contributed by atoms with Crippen LogP contribution in [0, 0.1) is 6.92 Å². The molecular weight excluding hydrogens is 444 g/mol. The summed E-state index contributed by atoms with van der Waals surface area (Å²) in [5.41, 5.74) is 2.45. The summed E-state index contributed by atoms with van der Waals surface area (Å²) in [6, 6.07) is 17.6. The standard InChI is InChI=1S/C24H22N2O4S2/c1-3-28-22(27)13-18-15-31-24(25-18)32-20-11-9-19(10-12-20)29-14-21-16(2)30-23(26-21)17-7-5-4-6-8-17/h4-12,15H,3,13-14H2,1-2H3. The van der Waals surface area contributed by atoms with Gasteiger partial charge in [0, 0.05) is 15.8 Å². The van der Waals surface area contributed by atoms with Gasteiger partial charge in [0.15, 0.2) is 4.34 Å². The van der Waals surface area contributed by atoms with Crippen molar-refractivity contribution >= 4 is 29.1 Å². The highest BCUT2D eigenvalue weighted by atomic mass is 32.2. The maximum Gasteiger partial charge on any atom is 0.311 e. The molecule has 0 unspecified atom stereocenters. The van der Waals surface area contributed by atoms with E-state index in [-0.39, 0.29) is 12.4 Å². The fourth-order valence-electron chi connectivity index (χ4n) is 2.90. The van der Waals surface area contributed by atoms with E-state index in [0.29, 0.717) is 19.1 Å². The molecule has 4 rings (SSSR count). The predicted octanol–water partition coefficient (Wildman–Crippen LogP) is 5.94. The molecule has 2 aromatic carbocycles. The summed E-state index contributed by atoms with van der Waals surface area (Å²) in [5, 5.41) is 1.89. The molecule has 0 N–H and O–H groups in total. The Morgan fingerprint density at radius 1 is 1.09 bits per heavy atom. The molecule has 4 aromatic rings. The fourth-order valence-corrected chi connectivity index (χ4v) is 4.70. The lowest BCUT2D eigenvalue weighted by Crippen LogP contribution is -2.07. The Kier molecular flexibility index (Phi) is 7.24. The highest BCUT2D eigenvalue weighted by Crippen LogP contribution is 2.32. The molecule has 0 aliphatic rings. The largest absolute Gasteiger partial charge is 0.487 e. The van der Waals surface area contributed by atoms with Crippen molar-refractivity contribution < 1.29 is 18.7 Å². The van der Waals surface area contributed by atoms with Gasteiger partial charge < -0.3 is 13.9 Å². The molecule has 0 saturated carbocycles. The summed E-state index contributed by atoms with van der Waals surface area (Å²) in [6.07, 6.45) is 0.200. The molecule has 0 radical (unpaired) electrons. The summed E-state index contributed by atoms with van der Waals surface area (Å²) in [7, 11) is 0. The number of rotatable bonds is 9. The fraction of sp³-hybridized carbons (Fsp3) is 0.208. The van der Waals surface area contributed by atoms with Crippen molar-refractivity contribution in [1.29, 1.82) is 0 Å². The summed E-state index contributed by atoms with van der Waals surface area (Å²) in [4.78, 5) is 21.7. The first kappa shape index (κ1) is 22.1. The zero-order valence-corrected chi connectivity index (χ0v) is 19.4. The van der Waals surface area contributed by atoms with E-state index in [1.54, 1.807) is 18.7 Å². The molecule has 6 nitrogen and oxygen atoms in total. The average Bonchev–Trinajstić information content (AvgIpc) is 3.40. The Morgan fingerprint density at radius 3 is 2.62 bits per heavy atom. The van der Waals surface area contributed by atoms with E-state index in [4.69, 9.17) is 13.9 Å². The van der Waals surface area contributed by atoms with Crippen LogP contribution in [0.25, 0.3) is 11.5 Å². The van der Waals surface area contributed by atoms with Gasteiger partial charge in [-0.15, -0.1) is 11.3 Å². The van der Waals surface area contributed by atoms with Gasteiger partial charge in [0.1, 0.15) is 23.8 Å². The molecule has 2 heterocycles. The minimum atomic E-state index is -0.255. The van der Waals surface area contributed by atoms with Crippen molar-refractivity contribution in [3.05, 3.63) is 77.1 Å². The minimum Gasteiger partial charge on any atom is -0.487 e. The van der Waals surface area contributed by atoms with Gasteiger partial charge in [0.05, 0.1) is 18.7 Å². The molecule has 0 saturated heterocycles. The lowest BCUT2D eigenvalue weighted by molar-refractivity contribution is -0.142. The van der Waals surface area contributed by atoms with Crippen LogP contribution < -0.4 is 4.74 Å². The number of hydrogen-bond donors (Lipinski definition) is 0. The number of ether oxygens (including phenoxy) is 2. The Labute approximate surface area is 194 Å². The summed E-state index contributed by atoms with van der Waals surface area (Å²) in [5.74, 6) is 1.84. The van der Waals surface area contributed by atoms with Gasteiger partial charge in [-0.3, -0.25) is 4.79 Å². The van der Waals surface area contributed by atoms with Crippen molar-refractivity contribution in [3.8, 4) is 17.2 Å². The second-order valence-electron chi connectivity index (χ2n) is 6.84. The molecule has 0 amide bonds. The first-order valence-corrected chi connectivity index (χ1v) is 11.8. The van der Waals surface area contributed by atoms with Crippen molar-refractivity contribution in [2.24, 2.45) is 0 Å². The lowest BCUT2D eigenvalue weighted by atomic mass is 10.2. The lowest BCUT2D eigenvalue weighted by Gasteiger charge is -2.05. The Balaban J connectivity index is 1.32. The van der Waals surface area contributed by atoms with Crippen LogP contribution in [0.2, 0.25) is 0 Å². The summed E-state index contributed by atoms with van der Waals surface area (Å²) < 4.78 is 17.5. The molecule has 8 heteroatoms. The highest BCUT2D eigenvalue weighted by molar-refractivity contribution is 8.01. The molecule has 32 heavy (non-hydrogen) atoms. The van der Waals surface area contributed by atoms with Crippen LogP contribution >= 0.6 is 23.1 Å². The van der Waals surface area contributed by atoms with Crippen LogP contribution in [0.1, 0.15) is 24.1 Å². The number of nitrogens with zero attached hydrogens (tertiary/aromatic N) is 2. The first-order chi connectivity index (χ1) is 15.6. The Hall–Kier alpha value is -3.10. The number of hydrogen-bond acceptors (Lipinski definition) is 8. The van der Waals surface area contributed by atoms with Crippen LogP contribution in [0.4, 0.5) is 0 Å². The van der Waals surface area contributed by atoms with Gasteiger partial charge >= 0.3 is 5.97 Å². The predicted molar refractivity (Wildman–Crippen MR) is 124 cm³/mol. The minimum absolute atomic E-state index is 0.200. The van der Waals surface area contributed by atoms with Crippen LogP contribution in [-0.2, 0) is 22.6 Å². The molecule has 0 fully saturated rings. The number of aromatic nitrogens is 2. The summed E-state index contributed by atoms with van der Waals surface area (Å²) in [6.45, 7) is 4.40. The number of carbonyl (C=O) groups is 1. The molecule has 0 aliphatic carbocycles. The normalized spacial score (nSPS) is 10.8. The molecule has 164 valence electrons. The number of esters is 1. The van der Waals surface area contributed by atoms with Gasteiger partial charge in [-0.05, 0) is 50.2 Å². The van der Waals surface area contributed by atoms with Crippen LogP contribution in [0.5, 0.6) is 5.75 Å². The van der Waals surface area contributed by atoms with E-state index in [1.807, 2.05) is 66.9 Å². The molecule has 0 bridgehead atoms. The van der Waals surface area contributed by atoms with Gasteiger partial charge in [-0.1, -0.05) is 30.0 Å². The van der Waals surface area contributed by atoms with Gasteiger partial charge in [0.25, 0.3) is 0 Å². The molecule has 2 aromatic heterocycles. The van der Waals surface area contributed by atoms with E-state index in [0.717, 1.165) is 37.7 Å². The first-order valence-electron chi connectivity index (χ1n) is 10.1. The van der Waals surface area contributed by atoms with Crippen LogP contribution in [0.15, 0.2) is 73.6 Å². The monoisotopic (exact) mass is 466 g/mol. The van der Waals surface area contributed by atoms with Gasteiger partial charge in [-0.2, -0.15) is 0 Å². The van der Waals surface area contributed by atoms with E-state index in [9.17, 15) is 4.79 Å². The average molecular weight is 467 g/mol.